The smallest absolute Gasteiger partial charge is 0.497 e. The molecule has 0 atom stereocenters. The minimum absolute atomic E-state index is 0. The second-order valence-electron chi connectivity index (χ2n) is 7.45. The molecule has 244 valence electrons. The van der Waals surface area contributed by atoms with Gasteiger partial charge in [-0.25, -0.2) is 4.98 Å². The van der Waals surface area contributed by atoms with Crippen LogP contribution in [0.15, 0.2) is 85.2 Å². The predicted molar refractivity (Wildman–Crippen MR) is 157 cm³/mol. The molecule has 7 nitrogen and oxygen atoms in total. The van der Waals surface area contributed by atoms with Crippen molar-refractivity contribution in [3.8, 4) is 57.9 Å². The van der Waals surface area contributed by atoms with Crippen molar-refractivity contribution in [3.05, 3.63) is 85.2 Å². The first-order valence-corrected chi connectivity index (χ1v) is 12.2. The van der Waals surface area contributed by atoms with E-state index in [1.54, 1.807) is 37.7 Å². The molecule has 1 aromatic carbocycles. The van der Waals surface area contributed by atoms with E-state index in [4.69, 9.17) is 25.5 Å². The zero-order chi connectivity index (χ0) is 34.9. The molecule has 18 heteroatoms. The fourth-order valence-corrected chi connectivity index (χ4v) is 2.77. The van der Waals surface area contributed by atoms with Crippen molar-refractivity contribution in [1.82, 2.24) is 15.0 Å². The van der Waals surface area contributed by atoms with Gasteiger partial charge in [0.2, 0.25) is 0 Å². The maximum atomic E-state index is 9.75. The van der Waals surface area contributed by atoms with E-state index in [0.717, 1.165) is 39.7 Å². The van der Waals surface area contributed by atoms with E-state index >= 15 is 0 Å². The Morgan fingerprint density at radius 2 is 0.891 bits per heavy atom. The standard InChI is InChI=1S/C22H17N3O.3C2H3N.2BF4.Ru/c1-26-18-10-8-16(9-11-18)17-14-21(19-6-2-4-12-23-19)25-22(15-17)20-7-3-5-13-24-20;3*1-2-3;2*2-1(3,4)5;/h2-15H,1H3;3*1H3;;;/q;;;;2*-1;+2. The number of nitriles is 3. The summed E-state index contributed by atoms with van der Waals surface area (Å²) in [5, 5.41) is 22.0. The van der Waals surface area contributed by atoms with Crippen LogP contribution in [0.4, 0.5) is 34.5 Å². The summed E-state index contributed by atoms with van der Waals surface area (Å²) in [4.78, 5) is 13.7. The molecule has 3 aromatic heterocycles. The fraction of sp³-hybridized carbons (Fsp3) is 0.143. The topological polar surface area (TPSA) is 119 Å². The molecule has 0 aliphatic heterocycles. The summed E-state index contributed by atoms with van der Waals surface area (Å²) in [6.07, 6.45) is 3.55. The SMILES string of the molecule is CC#N.CC#N.CC#N.COc1ccc(-c2cc(-c3ccccn3)nc(-c3ccccn3)c2)cc1.F[B-](F)(F)F.F[B-](F)(F)F.[Ru+2]. The van der Waals surface area contributed by atoms with Crippen LogP contribution in [0.2, 0.25) is 0 Å². The van der Waals surface area contributed by atoms with E-state index in [1.165, 1.54) is 20.8 Å². The molecule has 0 radical (unpaired) electrons. The van der Waals surface area contributed by atoms with E-state index in [-0.39, 0.29) is 19.5 Å². The van der Waals surface area contributed by atoms with Crippen molar-refractivity contribution in [3.63, 3.8) is 0 Å². The molecule has 0 saturated heterocycles. The first-order valence-electron chi connectivity index (χ1n) is 12.2. The van der Waals surface area contributed by atoms with Gasteiger partial charge in [0.25, 0.3) is 0 Å². The third-order valence-corrected chi connectivity index (χ3v) is 4.10. The van der Waals surface area contributed by atoms with Gasteiger partial charge in [-0.2, -0.15) is 15.8 Å². The molecule has 0 fully saturated rings. The van der Waals surface area contributed by atoms with Gasteiger partial charge >= 0.3 is 34.0 Å². The number of pyridine rings is 3. The minimum Gasteiger partial charge on any atom is -0.497 e. The molecule has 0 aliphatic rings. The second-order valence-corrected chi connectivity index (χ2v) is 7.45. The summed E-state index contributed by atoms with van der Waals surface area (Å²) >= 11 is 0. The maximum absolute atomic E-state index is 9.75. The Morgan fingerprint density at radius 1 is 0.565 bits per heavy atom. The Balaban J connectivity index is -0.000000767. The van der Waals surface area contributed by atoms with Crippen LogP contribution in [-0.4, -0.2) is 36.6 Å². The van der Waals surface area contributed by atoms with Crippen LogP contribution in [0.1, 0.15) is 20.8 Å². The van der Waals surface area contributed by atoms with Gasteiger partial charge in [-0.15, -0.1) is 0 Å². The number of aromatic nitrogens is 3. The first kappa shape index (κ1) is 45.6. The maximum Gasteiger partial charge on any atom is 2.00 e. The van der Waals surface area contributed by atoms with Gasteiger partial charge in [0, 0.05) is 33.2 Å². The molecular formula is C28H26B2F8N6ORu. The third kappa shape index (κ3) is 25.6. The largest absolute Gasteiger partial charge is 2.00 e. The summed E-state index contributed by atoms with van der Waals surface area (Å²) in [5.74, 6) is 0.831. The van der Waals surface area contributed by atoms with Crippen molar-refractivity contribution < 1.29 is 58.7 Å². The number of ether oxygens (including phenoxy) is 1. The number of halogens is 8. The van der Waals surface area contributed by atoms with Crippen molar-refractivity contribution in [1.29, 1.82) is 15.8 Å². The van der Waals surface area contributed by atoms with E-state index in [2.05, 4.69) is 22.1 Å². The van der Waals surface area contributed by atoms with Crippen molar-refractivity contribution in [2.24, 2.45) is 0 Å². The Morgan fingerprint density at radius 3 is 1.15 bits per heavy atom. The molecule has 0 spiro atoms. The summed E-state index contributed by atoms with van der Waals surface area (Å²) in [6.45, 7) is 4.29. The monoisotopic (exact) mass is 738 g/mol. The number of hydrogen-bond acceptors (Lipinski definition) is 7. The number of benzene rings is 1. The Hall–Kier alpha value is -4.87. The molecule has 0 unspecified atom stereocenters. The van der Waals surface area contributed by atoms with Crippen LogP contribution >= 0.6 is 0 Å². The molecule has 0 bridgehead atoms. The van der Waals surface area contributed by atoms with Crippen molar-refractivity contribution in [2.45, 2.75) is 20.8 Å². The fourth-order valence-electron chi connectivity index (χ4n) is 2.77. The van der Waals surface area contributed by atoms with E-state index in [9.17, 15) is 34.5 Å². The van der Waals surface area contributed by atoms with Crippen LogP contribution in [-0.2, 0) is 19.5 Å². The zero-order valence-corrected chi connectivity index (χ0v) is 26.4. The molecule has 0 aliphatic carbocycles. The summed E-state index contributed by atoms with van der Waals surface area (Å²) in [7, 11) is -10.3. The Kier molecular flexibility index (Phi) is 25.2. The van der Waals surface area contributed by atoms with Crippen LogP contribution in [0.25, 0.3) is 33.9 Å². The van der Waals surface area contributed by atoms with Gasteiger partial charge in [0.1, 0.15) is 5.75 Å². The van der Waals surface area contributed by atoms with E-state index in [0.29, 0.717) is 0 Å². The quantitative estimate of drug-likeness (QED) is 0.151. The number of hydrogen-bond donors (Lipinski definition) is 0. The van der Waals surface area contributed by atoms with Crippen LogP contribution in [0.3, 0.4) is 0 Å². The predicted octanol–water partition coefficient (Wildman–Crippen LogP) is 9.07. The van der Waals surface area contributed by atoms with Gasteiger partial charge in [-0.1, -0.05) is 24.3 Å². The van der Waals surface area contributed by atoms with Gasteiger partial charge < -0.3 is 39.3 Å². The minimum atomic E-state index is -6.00. The summed E-state index contributed by atoms with van der Waals surface area (Å²) in [5.41, 5.74) is 5.45. The molecular weight excluding hydrogens is 711 g/mol. The number of methoxy groups -OCH3 is 1. The van der Waals surface area contributed by atoms with E-state index < -0.39 is 14.5 Å². The summed E-state index contributed by atoms with van der Waals surface area (Å²) in [6, 6.07) is 29.0. The van der Waals surface area contributed by atoms with Crippen LogP contribution in [0.5, 0.6) is 5.75 Å². The molecule has 4 rings (SSSR count). The average Bonchev–Trinajstić information content (AvgIpc) is 2.97. The molecule has 3 heterocycles. The second kappa shape index (κ2) is 25.5. The van der Waals surface area contributed by atoms with Gasteiger partial charge in [-0.05, 0) is 59.7 Å². The van der Waals surface area contributed by atoms with Crippen molar-refractivity contribution in [2.75, 3.05) is 7.11 Å². The van der Waals surface area contributed by atoms with Gasteiger partial charge in [-0.3, -0.25) is 9.97 Å². The number of rotatable bonds is 4. The molecule has 46 heavy (non-hydrogen) atoms. The van der Waals surface area contributed by atoms with Crippen LogP contribution in [0, 0.1) is 34.0 Å². The van der Waals surface area contributed by atoms with Crippen molar-refractivity contribution >= 4 is 14.5 Å². The first-order chi connectivity index (χ1) is 21.1. The third-order valence-electron chi connectivity index (χ3n) is 4.10. The van der Waals surface area contributed by atoms with E-state index in [1.807, 2.05) is 60.7 Å². The Labute approximate surface area is 274 Å². The average molecular weight is 737 g/mol. The van der Waals surface area contributed by atoms with Crippen LogP contribution < -0.4 is 4.74 Å². The van der Waals surface area contributed by atoms with Gasteiger partial charge in [0.15, 0.2) is 0 Å². The van der Waals surface area contributed by atoms with Gasteiger partial charge in [0.05, 0.1) is 48.1 Å². The number of nitrogens with zero attached hydrogens (tertiary/aromatic N) is 6. The summed E-state index contributed by atoms with van der Waals surface area (Å²) < 4.78 is 83.3. The zero-order valence-electron chi connectivity index (χ0n) is 24.7. The molecule has 4 aromatic rings. The normalized spacial score (nSPS) is 9.07. The molecule has 0 amide bonds. The molecule has 0 saturated carbocycles. The molecule has 0 N–H and O–H groups in total. The Bertz CT molecular complexity index is 1390.